The number of nitrogens with zero attached hydrogens (tertiary/aromatic N) is 1. The van der Waals surface area contributed by atoms with E-state index in [9.17, 15) is 13.2 Å². The molecule has 1 aromatic carbocycles. The lowest BCUT2D eigenvalue weighted by Gasteiger charge is -2.11. The minimum absolute atomic E-state index is 0.104. The van der Waals surface area contributed by atoms with Crippen molar-refractivity contribution in [3.8, 4) is 0 Å². The van der Waals surface area contributed by atoms with Gasteiger partial charge in [-0.25, -0.2) is 13.1 Å². The van der Waals surface area contributed by atoms with Gasteiger partial charge in [-0.2, -0.15) is 0 Å². The lowest BCUT2D eigenvalue weighted by atomic mass is 10.2. The summed E-state index contributed by atoms with van der Waals surface area (Å²) in [5.41, 5.74) is 3.90. The minimum Gasteiger partial charge on any atom is -0.467 e. The first-order valence-corrected chi connectivity index (χ1v) is 11.2. The van der Waals surface area contributed by atoms with Gasteiger partial charge in [0.25, 0.3) is 5.91 Å². The van der Waals surface area contributed by atoms with Gasteiger partial charge in [0.05, 0.1) is 23.3 Å². The Hall–Kier alpha value is -2.84. The first-order valence-electron chi connectivity index (χ1n) is 9.73. The Labute approximate surface area is 177 Å². The summed E-state index contributed by atoms with van der Waals surface area (Å²) in [6.45, 7) is 8.26. The molecule has 3 rings (SSSR count). The fraction of sp³-hybridized carbons (Fsp3) is 0.318. The van der Waals surface area contributed by atoms with Gasteiger partial charge in [-0.05, 0) is 63.1 Å². The molecule has 3 aromatic rings. The number of rotatable bonds is 8. The number of furan rings is 1. The number of sulfonamides is 1. The highest BCUT2D eigenvalue weighted by Crippen LogP contribution is 2.18. The zero-order chi connectivity index (χ0) is 21.9. The van der Waals surface area contributed by atoms with Gasteiger partial charge >= 0.3 is 0 Å². The minimum atomic E-state index is -3.63. The van der Waals surface area contributed by atoms with E-state index in [1.54, 1.807) is 25.3 Å². The smallest absolute Gasteiger partial charge is 0.253 e. The molecule has 1 amide bonds. The third-order valence-corrected chi connectivity index (χ3v) is 6.65. The average Bonchev–Trinajstić information content (AvgIpc) is 3.30. The van der Waals surface area contributed by atoms with Gasteiger partial charge in [-0.15, -0.1) is 0 Å². The monoisotopic (exact) mass is 429 g/mol. The number of carbonyl (C=O) groups excluding carboxylic acids is 1. The van der Waals surface area contributed by atoms with Gasteiger partial charge < -0.3 is 14.3 Å². The van der Waals surface area contributed by atoms with Gasteiger partial charge in [0.15, 0.2) is 0 Å². The zero-order valence-corrected chi connectivity index (χ0v) is 18.5. The molecule has 0 saturated heterocycles. The summed E-state index contributed by atoms with van der Waals surface area (Å²) < 4.78 is 35.0. The maximum absolute atomic E-state index is 12.6. The molecule has 0 aliphatic heterocycles. The maximum atomic E-state index is 12.6. The van der Waals surface area contributed by atoms with E-state index in [1.165, 1.54) is 0 Å². The molecule has 30 heavy (non-hydrogen) atoms. The van der Waals surface area contributed by atoms with Crippen molar-refractivity contribution in [2.45, 2.75) is 39.1 Å². The van der Waals surface area contributed by atoms with E-state index in [4.69, 9.17) is 4.42 Å². The third kappa shape index (κ3) is 4.83. The SMILES string of the molecule is Cc1ccc(C)c(S(=O)(=O)NCCNC(=O)c2cc(C)n(Cc3ccco3)c2C)c1. The molecule has 160 valence electrons. The van der Waals surface area contributed by atoms with Crippen molar-refractivity contribution < 1.29 is 17.6 Å². The number of aromatic nitrogens is 1. The lowest BCUT2D eigenvalue weighted by molar-refractivity contribution is 0.0953. The van der Waals surface area contributed by atoms with Gasteiger partial charge in [-0.1, -0.05) is 12.1 Å². The Balaban J connectivity index is 1.59. The number of amides is 1. The molecule has 0 unspecified atom stereocenters. The Morgan fingerprint density at radius 1 is 1.07 bits per heavy atom. The van der Waals surface area contributed by atoms with Gasteiger partial charge in [0.2, 0.25) is 10.0 Å². The summed E-state index contributed by atoms with van der Waals surface area (Å²) in [7, 11) is -3.63. The molecule has 7 nitrogen and oxygen atoms in total. The number of carbonyl (C=O) groups is 1. The molecule has 2 heterocycles. The first kappa shape index (κ1) is 21.9. The van der Waals surface area contributed by atoms with Crippen molar-refractivity contribution in [3.63, 3.8) is 0 Å². The summed E-state index contributed by atoms with van der Waals surface area (Å²) in [5.74, 6) is 0.573. The number of hydrogen-bond acceptors (Lipinski definition) is 4. The van der Waals surface area contributed by atoms with Crippen LogP contribution in [0.1, 0.15) is 38.6 Å². The Morgan fingerprint density at radius 2 is 1.83 bits per heavy atom. The van der Waals surface area contributed by atoms with Crippen LogP contribution in [-0.2, 0) is 16.6 Å². The summed E-state index contributed by atoms with van der Waals surface area (Å²) >= 11 is 0. The molecule has 0 aliphatic carbocycles. The summed E-state index contributed by atoms with van der Waals surface area (Å²) in [6, 6.07) is 10.8. The predicted octanol–water partition coefficient (Wildman–Crippen LogP) is 3.07. The van der Waals surface area contributed by atoms with Crippen LogP contribution in [0.2, 0.25) is 0 Å². The first-order chi connectivity index (χ1) is 14.2. The number of benzene rings is 1. The Kier molecular flexibility index (Phi) is 6.48. The largest absolute Gasteiger partial charge is 0.467 e. The molecule has 0 aliphatic rings. The Morgan fingerprint density at radius 3 is 2.53 bits per heavy atom. The van der Waals surface area contributed by atoms with E-state index in [0.717, 1.165) is 22.7 Å². The highest BCUT2D eigenvalue weighted by Gasteiger charge is 2.18. The maximum Gasteiger partial charge on any atom is 0.253 e. The summed E-state index contributed by atoms with van der Waals surface area (Å²) in [5, 5.41) is 2.79. The third-order valence-electron chi connectivity index (χ3n) is 5.05. The van der Waals surface area contributed by atoms with Crippen molar-refractivity contribution >= 4 is 15.9 Å². The zero-order valence-electron chi connectivity index (χ0n) is 17.7. The van der Waals surface area contributed by atoms with Crippen LogP contribution in [0, 0.1) is 27.7 Å². The number of nitrogens with one attached hydrogen (secondary N) is 2. The van der Waals surface area contributed by atoms with E-state index in [1.807, 2.05) is 49.6 Å². The van der Waals surface area contributed by atoms with Crippen LogP contribution in [0.25, 0.3) is 0 Å². The molecule has 2 aromatic heterocycles. The van der Waals surface area contributed by atoms with E-state index in [2.05, 4.69) is 10.0 Å². The van der Waals surface area contributed by atoms with Crippen molar-refractivity contribution in [2.24, 2.45) is 0 Å². The standard InChI is InChI=1S/C22H27N3O4S/c1-15-7-8-16(2)21(12-15)30(27,28)24-10-9-23-22(26)20-13-17(3)25(18(20)4)14-19-6-5-11-29-19/h5-8,11-13,24H,9-10,14H2,1-4H3,(H,23,26). The van der Waals surface area contributed by atoms with E-state index in [0.29, 0.717) is 17.7 Å². The highest BCUT2D eigenvalue weighted by atomic mass is 32.2. The van der Waals surface area contributed by atoms with Gasteiger partial charge in [0, 0.05) is 24.5 Å². The van der Waals surface area contributed by atoms with Crippen LogP contribution < -0.4 is 10.0 Å². The second-order valence-electron chi connectivity index (χ2n) is 7.37. The number of hydrogen-bond donors (Lipinski definition) is 2. The fourth-order valence-corrected chi connectivity index (χ4v) is 4.72. The fourth-order valence-electron chi connectivity index (χ4n) is 3.36. The van der Waals surface area contributed by atoms with Crippen molar-refractivity contribution in [1.29, 1.82) is 0 Å². The van der Waals surface area contributed by atoms with E-state index >= 15 is 0 Å². The Bertz CT molecular complexity index is 1150. The lowest BCUT2D eigenvalue weighted by Crippen LogP contribution is -2.35. The van der Waals surface area contributed by atoms with Crippen LogP contribution in [-0.4, -0.2) is 32.0 Å². The molecular formula is C22H27N3O4S. The van der Waals surface area contributed by atoms with Crippen LogP contribution in [0.15, 0.2) is 52.0 Å². The molecule has 0 radical (unpaired) electrons. The quantitative estimate of drug-likeness (QED) is 0.538. The highest BCUT2D eigenvalue weighted by molar-refractivity contribution is 7.89. The topological polar surface area (TPSA) is 93.3 Å². The number of aryl methyl sites for hydroxylation is 3. The molecule has 2 N–H and O–H groups in total. The van der Waals surface area contributed by atoms with Crippen molar-refractivity contribution in [1.82, 2.24) is 14.6 Å². The second kappa shape index (κ2) is 8.89. The molecular weight excluding hydrogens is 402 g/mol. The normalized spacial score (nSPS) is 11.6. The van der Waals surface area contributed by atoms with Crippen LogP contribution in [0.5, 0.6) is 0 Å². The molecule has 8 heteroatoms. The molecule has 0 spiro atoms. The van der Waals surface area contributed by atoms with Crippen LogP contribution in [0.4, 0.5) is 0 Å². The van der Waals surface area contributed by atoms with Crippen LogP contribution >= 0.6 is 0 Å². The van der Waals surface area contributed by atoms with E-state index in [-0.39, 0.29) is 23.9 Å². The summed E-state index contributed by atoms with van der Waals surface area (Å²) in [4.78, 5) is 12.9. The summed E-state index contributed by atoms with van der Waals surface area (Å²) in [6.07, 6.45) is 1.62. The van der Waals surface area contributed by atoms with Crippen molar-refractivity contribution in [3.05, 3.63) is 76.5 Å². The predicted molar refractivity (Wildman–Crippen MR) is 115 cm³/mol. The molecule has 0 bridgehead atoms. The van der Waals surface area contributed by atoms with Crippen LogP contribution in [0.3, 0.4) is 0 Å². The molecule has 0 saturated carbocycles. The van der Waals surface area contributed by atoms with Gasteiger partial charge in [-0.3, -0.25) is 4.79 Å². The second-order valence-corrected chi connectivity index (χ2v) is 9.11. The van der Waals surface area contributed by atoms with Gasteiger partial charge in [0.1, 0.15) is 5.76 Å². The average molecular weight is 430 g/mol. The van der Waals surface area contributed by atoms with Crippen molar-refractivity contribution in [2.75, 3.05) is 13.1 Å². The molecule has 0 atom stereocenters. The van der Waals surface area contributed by atoms with E-state index < -0.39 is 10.0 Å². The molecule has 0 fully saturated rings.